The fraction of sp³-hybridized carbons (Fsp3) is 0.167. The molecule has 3 aromatic rings. The van der Waals surface area contributed by atoms with Crippen molar-refractivity contribution in [2.75, 3.05) is 16.4 Å². The van der Waals surface area contributed by atoms with Gasteiger partial charge >= 0.3 is 0 Å². The zero-order valence-corrected chi connectivity index (χ0v) is 17.6. The first-order valence-corrected chi connectivity index (χ1v) is 10.2. The van der Waals surface area contributed by atoms with Crippen LogP contribution < -0.4 is 10.6 Å². The third-order valence-corrected chi connectivity index (χ3v) is 5.66. The van der Waals surface area contributed by atoms with Crippen LogP contribution in [0.3, 0.4) is 0 Å². The predicted octanol–water partition coefficient (Wildman–Crippen LogP) is 4.57. The average Bonchev–Trinajstić information content (AvgIpc) is 3.01. The summed E-state index contributed by atoms with van der Waals surface area (Å²) in [6.45, 7) is 0.523. The van der Waals surface area contributed by atoms with Crippen LogP contribution >= 0.6 is 39.3 Å². The number of amides is 1. The predicted molar refractivity (Wildman–Crippen MR) is 113 cm³/mol. The summed E-state index contributed by atoms with van der Waals surface area (Å²) in [4.78, 5) is 12.2. The summed E-state index contributed by atoms with van der Waals surface area (Å²) in [5.74, 6) is 0.923. The van der Waals surface area contributed by atoms with E-state index in [0.717, 1.165) is 21.7 Å². The molecule has 0 saturated carbocycles. The summed E-state index contributed by atoms with van der Waals surface area (Å²) in [6.07, 6.45) is 0. The van der Waals surface area contributed by atoms with E-state index in [4.69, 9.17) is 11.6 Å². The van der Waals surface area contributed by atoms with Crippen molar-refractivity contribution in [2.45, 2.75) is 11.7 Å². The zero-order chi connectivity index (χ0) is 19.2. The normalized spacial score (nSPS) is 10.6. The molecule has 2 aromatic carbocycles. The van der Waals surface area contributed by atoms with Gasteiger partial charge in [0.25, 0.3) is 0 Å². The van der Waals surface area contributed by atoms with Crippen molar-refractivity contribution in [3.63, 3.8) is 0 Å². The second kappa shape index (κ2) is 9.25. The van der Waals surface area contributed by atoms with Gasteiger partial charge in [0.1, 0.15) is 0 Å². The smallest absolute Gasteiger partial charge is 0.234 e. The van der Waals surface area contributed by atoms with E-state index in [-0.39, 0.29) is 11.7 Å². The van der Waals surface area contributed by atoms with Gasteiger partial charge in [0.2, 0.25) is 5.91 Å². The molecule has 140 valence electrons. The molecule has 2 N–H and O–H groups in total. The lowest BCUT2D eigenvalue weighted by atomic mass is 10.3. The van der Waals surface area contributed by atoms with Gasteiger partial charge < -0.3 is 15.2 Å². The van der Waals surface area contributed by atoms with E-state index >= 15 is 0 Å². The largest absolute Gasteiger partial charge is 0.378 e. The summed E-state index contributed by atoms with van der Waals surface area (Å²) >= 11 is 10.6. The fourth-order valence-electron chi connectivity index (χ4n) is 2.25. The number of hydrogen-bond donors (Lipinski definition) is 2. The van der Waals surface area contributed by atoms with Crippen LogP contribution in [0.4, 0.5) is 11.4 Å². The van der Waals surface area contributed by atoms with Crippen LogP contribution in [0, 0.1) is 0 Å². The van der Waals surface area contributed by atoms with Gasteiger partial charge in [0.05, 0.1) is 18.0 Å². The molecule has 0 atom stereocenters. The first kappa shape index (κ1) is 19.7. The number of hydrogen-bond acceptors (Lipinski definition) is 5. The standard InChI is InChI=1S/C18H17BrClN5OS/c1-25-16(10-21-13-8-6-12(20)7-9-13)23-24-18(25)27-11-17(26)22-15-5-3-2-4-14(15)19/h2-9,21H,10-11H2,1H3,(H,22,26). The van der Waals surface area contributed by atoms with Crippen molar-refractivity contribution in [3.8, 4) is 0 Å². The summed E-state index contributed by atoms with van der Waals surface area (Å²) in [5, 5.41) is 15.9. The van der Waals surface area contributed by atoms with Gasteiger partial charge in [-0.2, -0.15) is 0 Å². The molecule has 0 aliphatic rings. The first-order valence-electron chi connectivity index (χ1n) is 8.08. The maximum Gasteiger partial charge on any atom is 0.234 e. The number of benzene rings is 2. The lowest BCUT2D eigenvalue weighted by molar-refractivity contribution is -0.113. The van der Waals surface area contributed by atoms with Gasteiger partial charge in [-0.05, 0) is 52.3 Å². The number of anilines is 2. The van der Waals surface area contributed by atoms with Crippen LogP contribution in [-0.2, 0) is 18.4 Å². The van der Waals surface area contributed by atoms with Gasteiger partial charge in [-0.1, -0.05) is 35.5 Å². The minimum Gasteiger partial charge on any atom is -0.378 e. The molecule has 27 heavy (non-hydrogen) atoms. The third-order valence-electron chi connectivity index (χ3n) is 3.70. The Kier molecular flexibility index (Phi) is 6.76. The van der Waals surface area contributed by atoms with Crippen molar-refractivity contribution in [3.05, 3.63) is 63.9 Å². The SMILES string of the molecule is Cn1c(CNc2ccc(Cl)cc2)nnc1SCC(=O)Nc1ccccc1Br. The molecule has 0 aliphatic heterocycles. The van der Waals surface area contributed by atoms with E-state index in [1.807, 2.05) is 60.1 Å². The van der Waals surface area contributed by atoms with Crippen molar-refractivity contribution in [2.24, 2.45) is 7.05 Å². The molecule has 0 saturated heterocycles. The van der Waals surface area contributed by atoms with Crippen molar-refractivity contribution in [1.29, 1.82) is 0 Å². The Hall–Kier alpha value is -2.03. The number of para-hydroxylation sites is 1. The Balaban J connectivity index is 1.53. The number of carbonyl (C=O) groups is 1. The van der Waals surface area contributed by atoms with Crippen molar-refractivity contribution in [1.82, 2.24) is 14.8 Å². The molecule has 0 spiro atoms. The Bertz CT molecular complexity index is 932. The lowest BCUT2D eigenvalue weighted by Gasteiger charge is -2.08. The lowest BCUT2D eigenvalue weighted by Crippen LogP contribution is -2.15. The van der Waals surface area contributed by atoms with Crippen LogP contribution in [0.15, 0.2) is 58.2 Å². The van der Waals surface area contributed by atoms with Crippen molar-refractivity contribution >= 4 is 56.6 Å². The van der Waals surface area contributed by atoms with E-state index < -0.39 is 0 Å². The van der Waals surface area contributed by atoms with Crippen LogP contribution in [0.25, 0.3) is 0 Å². The molecule has 0 fully saturated rings. The van der Waals surface area contributed by atoms with E-state index in [0.29, 0.717) is 16.7 Å². The molecular weight excluding hydrogens is 450 g/mol. The van der Waals surface area contributed by atoms with E-state index in [1.165, 1.54) is 11.8 Å². The highest BCUT2D eigenvalue weighted by Gasteiger charge is 2.12. The molecule has 0 bridgehead atoms. The number of thioether (sulfide) groups is 1. The Morgan fingerprint density at radius 3 is 2.67 bits per heavy atom. The summed E-state index contributed by atoms with van der Waals surface area (Å²) in [6, 6.07) is 14.9. The quantitative estimate of drug-likeness (QED) is 0.499. The third kappa shape index (κ3) is 5.47. The van der Waals surface area contributed by atoms with Gasteiger partial charge in [-0.25, -0.2) is 0 Å². The van der Waals surface area contributed by atoms with Gasteiger partial charge in [-0.3, -0.25) is 4.79 Å². The number of nitrogens with zero attached hydrogens (tertiary/aromatic N) is 3. The van der Waals surface area contributed by atoms with Gasteiger partial charge in [-0.15, -0.1) is 10.2 Å². The van der Waals surface area contributed by atoms with Crippen LogP contribution in [-0.4, -0.2) is 26.4 Å². The highest BCUT2D eigenvalue weighted by atomic mass is 79.9. The molecule has 0 unspecified atom stereocenters. The number of rotatable bonds is 7. The number of aromatic nitrogens is 3. The van der Waals surface area contributed by atoms with E-state index in [1.54, 1.807) is 0 Å². The molecule has 1 heterocycles. The molecule has 0 radical (unpaired) electrons. The summed E-state index contributed by atoms with van der Waals surface area (Å²) in [5.41, 5.74) is 1.69. The highest BCUT2D eigenvalue weighted by molar-refractivity contribution is 9.10. The topological polar surface area (TPSA) is 71.8 Å². The molecular formula is C18H17BrClN5OS. The number of carbonyl (C=O) groups excluding carboxylic acids is 1. The highest BCUT2D eigenvalue weighted by Crippen LogP contribution is 2.22. The second-order valence-electron chi connectivity index (χ2n) is 5.63. The Morgan fingerprint density at radius 2 is 1.93 bits per heavy atom. The van der Waals surface area contributed by atoms with E-state index in [2.05, 4.69) is 36.8 Å². The van der Waals surface area contributed by atoms with Crippen LogP contribution in [0.5, 0.6) is 0 Å². The molecule has 1 amide bonds. The maximum absolute atomic E-state index is 12.2. The van der Waals surface area contributed by atoms with E-state index in [9.17, 15) is 4.79 Å². The summed E-state index contributed by atoms with van der Waals surface area (Å²) < 4.78 is 2.72. The number of nitrogens with one attached hydrogen (secondary N) is 2. The second-order valence-corrected chi connectivity index (χ2v) is 7.87. The van der Waals surface area contributed by atoms with Crippen LogP contribution in [0.1, 0.15) is 5.82 Å². The first-order chi connectivity index (χ1) is 13.0. The fourth-order valence-corrected chi connectivity index (χ4v) is 3.49. The van der Waals surface area contributed by atoms with Gasteiger partial charge in [0, 0.05) is 22.2 Å². The average molecular weight is 467 g/mol. The van der Waals surface area contributed by atoms with Crippen molar-refractivity contribution < 1.29 is 4.79 Å². The van der Waals surface area contributed by atoms with Gasteiger partial charge in [0.15, 0.2) is 11.0 Å². The summed E-state index contributed by atoms with van der Waals surface area (Å²) in [7, 11) is 1.88. The molecule has 1 aromatic heterocycles. The van der Waals surface area contributed by atoms with Crippen LogP contribution in [0.2, 0.25) is 5.02 Å². The maximum atomic E-state index is 12.2. The molecule has 3 rings (SSSR count). The Morgan fingerprint density at radius 1 is 1.19 bits per heavy atom. The minimum absolute atomic E-state index is 0.101. The molecule has 9 heteroatoms. The molecule has 0 aliphatic carbocycles. The monoisotopic (exact) mass is 465 g/mol. The number of halogens is 2. The molecule has 6 nitrogen and oxygen atoms in total. The Labute approximate surface area is 174 Å². The minimum atomic E-state index is -0.101. The zero-order valence-electron chi connectivity index (χ0n) is 14.4.